The summed E-state index contributed by atoms with van der Waals surface area (Å²) >= 11 is 0. The molecular formula is C16H14. The maximum atomic E-state index is 2.24. The summed E-state index contributed by atoms with van der Waals surface area (Å²) in [6, 6.07) is 19.3. The predicted octanol–water partition coefficient (Wildman–Crippen LogP) is 4.18. The lowest BCUT2D eigenvalue weighted by Crippen LogP contribution is -2.00. The summed E-state index contributed by atoms with van der Waals surface area (Å²) in [7, 11) is 0. The standard InChI is InChI=1S/C16H14/c1-16(11-12-16)15-9-7-14(8-10-15)13-5-3-2-4-6-13/h2-12H,1H3. The second-order valence-electron chi connectivity index (χ2n) is 4.56. The van der Waals surface area contributed by atoms with E-state index in [1.54, 1.807) is 0 Å². The van der Waals surface area contributed by atoms with Crippen molar-refractivity contribution in [3.8, 4) is 11.1 Å². The zero-order valence-electron chi connectivity index (χ0n) is 9.35. The molecule has 0 nitrogen and oxygen atoms in total. The van der Waals surface area contributed by atoms with Gasteiger partial charge in [0.25, 0.3) is 0 Å². The number of allylic oxidation sites excluding steroid dienone is 2. The highest BCUT2D eigenvalue weighted by Gasteiger charge is 2.29. The lowest BCUT2D eigenvalue weighted by Gasteiger charge is -2.10. The van der Waals surface area contributed by atoms with Crippen LogP contribution in [0.3, 0.4) is 0 Å². The molecule has 0 fully saturated rings. The van der Waals surface area contributed by atoms with Crippen molar-refractivity contribution < 1.29 is 0 Å². The monoisotopic (exact) mass is 206 g/mol. The van der Waals surface area contributed by atoms with Crippen LogP contribution in [0.15, 0.2) is 66.7 Å². The van der Waals surface area contributed by atoms with E-state index in [9.17, 15) is 0 Å². The van der Waals surface area contributed by atoms with E-state index in [0.29, 0.717) is 0 Å². The number of rotatable bonds is 2. The van der Waals surface area contributed by atoms with Crippen LogP contribution in [0.5, 0.6) is 0 Å². The Morgan fingerprint density at radius 1 is 0.688 bits per heavy atom. The highest BCUT2D eigenvalue weighted by molar-refractivity contribution is 5.64. The van der Waals surface area contributed by atoms with Crippen LogP contribution in [-0.2, 0) is 5.41 Å². The highest BCUT2D eigenvalue weighted by atomic mass is 14.3. The maximum Gasteiger partial charge on any atom is 0.0284 e. The van der Waals surface area contributed by atoms with Gasteiger partial charge in [-0.2, -0.15) is 0 Å². The van der Waals surface area contributed by atoms with E-state index in [1.807, 2.05) is 6.07 Å². The molecule has 0 bridgehead atoms. The summed E-state index contributed by atoms with van der Waals surface area (Å²) in [5, 5.41) is 0. The van der Waals surface area contributed by atoms with Crippen LogP contribution in [0.25, 0.3) is 11.1 Å². The van der Waals surface area contributed by atoms with Gasteiger partial charge >= 0.3 is 0 Å². The van der Waals surface area contributed by atoms with Crippen molar-refractivity contribution in [2.24, 2.45) is 0 Å². The topological polar surface area (TPSA) is 0 Å². The van der Waals surface area contributed by atoms with Crippen LogP contribution in [0, 0.1) is 0 Å². The van der Waals surface area contributed by atoms with Gasteiger partial charge in [0.15, 0.2) is 0 Å². The Kier molecular flexibility index (Phi) is 1.97. The van der Waals surface area contributed by atoms with E-state index < -0.39 is 0 Å². The van der Waals surface area contributed by atoms with Crippen LogP contribution in [0.1, 0.15) is 12.5 Å². The van der Waals surface area contributed by atoms with Gasteiger partial charge < -0.3 is 0 Å². The Labute approximate surface area is 96.3 Å². The fourth-order valence-corrected chi connectivity index (χ4v) is 1.97. The molecule has 0 amide bonds. The molecule has 0 radical (unpaired) electrons. The zero-order chi connectivity index (χ0) is 11.0. The van der Waals surface area contributed by atoms with Crippen LogP contribution in [0.4, 0.5) is 0 Å². The average Bonchev–Trinajstić information content (AvgIpc) is 3.10. The third kappa shape index (κ3) is 1.57. The van der Waals surface area contributed by atoms with Crippen molar-refractivity contribution in [3.63, 3.8) is 0 Å². The van der Waals surface area contributed by atoms with Gasteiger partial charge in [-0.25, -0.2) is 0 Å². The first kappa shape index (κ1) is 9.41. The smallest absolute Gasteiger partial charge is 0.0284 e. The first-order chi connectivity index (χ1) is 7.78. The minimum atomic E-state index is 0.231. The summed E-state index contributed by atoms with van der Waals surface area (Å²) in [5.74, 6) is 0. The molecule has 2 aromatic rings. The molecule has 0 atom stereocenters. The largest absolute Gasteiger partial charge is 0.0733 e. The van der Waals surface area contributed by atoms with E-state index in [4.69, 9.17) is 0 Å². The molecule has 78 valence electrons. The van der Waals surface area contributed by atoms with E-state index in [0.717, 1.165) is 0 Å². The van der Waals surface area contributed by atoms with Crippen molar-refractivity contribution in [1.82, 2.24) is 0 Å². The molecule has 1 aliphatic rings. The van der Waals surface area contributed by atoms with E-state index in [-0.39, 0.29) is 5.41 Å². The molecular weight excluding hydrogens is 192 g/mol. The average molecular weight is 206 g/mol. The van der Waals surface area contributed by atoms with Gasteiger partial charge in [-0.05, 0) is 23.6 Å². The minimum absolute atomic E-state index is 0.231. The van der Waals surface area contributed by atoms with Gasteiger partial charge in [-0.15, -0.1) is 0 Å². The normalized spacial score (nSPS) is 16.1. The van der Waals surface area contributed by atoms with E-state index >= 15 is 0 Å². The van der Waals surface area contributed by atoms with Crippen molar-refractivity contribution in [1.29, 1.82) is 0 Å². The van der Waals surface area contributed by atoms with Gasteiger partial charge in [0.05, 0.1) is 0 Å². The summed E-state index contributed by atoms with van der Waals surface area (Å²) in [5.41, 5.74) is 4.18. The summed E-state index contributed by atoms with van der Waals surface area (Å²) in [4.78, 5) is 0. The fraction of sp³-hybridized carbons (Fsp3) is 0.125. The number of hydrogen-bond donors (Lipinski definition) is 0. The third-order valence-corrected chi connectivity index (χ3v) is 3.28. The Balaban J connectivity index is 1.94. The molecule has 0 heteroatoms. The Bertz CT molecular complexity index is 512. The van der Waals surface area contributed by atoms with Gasteiger partial charge in [0.2, 0.25) is 0 Å². The second kappa shape index (κ2) is 3.34. The van der Waals surface area contributed by atoms with Crippen molar-refractivity contribution in [3.05, 3.63) is 72.3 Å². The van der Waals surface area contributed by atoms with Crippen LogP contribution >= 0.6 is 0 Å². The minimum Gasteiger partial charge on any atom is -0.0733 e. The van der Waals surface area contributed by atoms with Gasteiger partial charge in [-0.1, -0.05) is 66.7 Å². The van der Waals surface area contributed by atoms with Gasteiger partial charge in [0.1, 0.15) is 0 Å². The molecule has 1 aliphatic carbocycles. The summed E-state index contributed by atoms with van der Waals surface area (Å²) < 4.78 is 0. The Hall–Kier alpha value is -1.82. The SMILES string of the molecule is CC1(c2ccc(-c3ccccc3)cc2)C=C1. The van der Waals surface area contributed by atoms with Crippen molar-refractivity contribution in [2.45, 2.75) is 12.3 Å². The number of benzene rings is 2. The molecule has 0 heterocycles. The maximum absolute atomic E-state index is 2.24. The van der Waals surface area contributed by atoms with Crippen LogP contribution in [0.2, 0.25) is 0 Å². The van der Waals surface area contributed by atoms with Gasteiger partial charge in [0, 0.05) is 5.41 Å². The fourth-order valence-electron chi connectivity index (χ4n) is 1.97. The molecule has 0 N–H and O–H groups in total. The highest BCUT2D eigenvalue weighted by Crippen LogP contribution is 2.38. The molecule has 0 saturated heterocycles. The van der Waals surface area contributed by atoms with Crippen molar-refractivity contribution in [2.75, 3.05) is 0 Å². The lowest BCUT2D eigenvalue weighted by molar-refractivity contribution is 0.871. The van der Waals surface area contributed by atoms with E-state index in [1.165, 1.54) is 16.7 Å². The van der Waals surface area contributed by atoms with Crippen LogP contribution < -0.4 is 0 Å². The zero-order valence-corrected chi connectivity index (χ0v) is 9.35. The first-order valence-corrected chi connectivity index (χ1v) is 5.64. The molecule has 3 rings (SSSR count). The summed E-state index contributed by atoms with van der Waals surface area (Å²) in [6.45, 7) is 2.24. The number of hydrogen-bond acceptors (Lipinski definition) is 0. The molecule has 2 aromatic carbocycles. The van der Waals surface area contributed by atoms with Crippen LogP contribution in [-0.4, -0.2) is 0 Å². The molecule has 0 spiro atoms. The molecule has 0 aliphatic heterocycles. The second-order valence-corrected chi connectivity index (χ2v) is 4.56. The Morgan fingerprint density at radius 3 is 1.81 bits per heavy atom. The molecule has 0 saturated carbocycles. The third-order valence-electron chi connectivity index (χ3n) is 3.28. The predicted molar refractivity (Wildman–Crippen MR) is 68.4 cm³/mol. The first-order valence-electron chi connectivity index (χ1n) is 5.64. The van der Waals surface area contributed by atoms with Crippen molar-refractivity contribution >= 4 is 0 Å². The summed E-state index contributed by atoms with van der Waals surface area (Å²) in [6.07, 6.45) is 4.48. The quantitative estimate of drug-likeness (QED) is 0.646. The molecule has 0 unspecified atom stereocenters. The molecule has 16 heavy (non-hydrogen) atoms. The lowest BCUT2D eigenvalue weighted by atomic mass is 9.94. The molecule has 0 aromatic heterocycles. The van der Waals surface area contributed by atoms with Gasteiger partial charge in [-0.3, -0.25) is 0 Å². The van der Waals surface area contributed by atoms with E-state index in [2.05, 4.69) is 67.6 Å². The Morgan fingerprint density at radius 2 is 1.25 bits per heavy atom.